The molecule has 1 aromatic rings. The molecule has 1 aliphatic rings. The lowest BCUT2D eigenvalue weighted by Gasteiger charge is -2.32. The molecular formula is C20H35N5. The van der Waals surface area contributed by atoms with Crippen LogP contribution in [0.3, 0.4) is 0 Å². The first kappa shape index (κ1) is 19.6. The summed E-state index contributed by atoms with van der Waals surface area (Å²) in [7, 11) is 5.99. The van der Waals surface area contributed by atoms with Gasteiger partial charge in [0.15, 0.2) is 5.96 Å². The van der Waals surface area contributed by atoms with Crippen LogP contribution in [0.25, 0.3) is 0 Å². The van der Waals surface area contributed by atoms with Crippen molar-refractivity contribution in [2.45, 2.75) is 38.6 Å². The molecule has 1 heterocycles. The van der Waals surface area contributed by atoms with E-state index >= 15 is 0 Å². The van der Waals surface area contributed by atoms with Crippen molar-refractivity contribution in [2.75, 3.05) is 52.2 Å². The molecule has 25 heavy (non-hydrogen) atoms. The predicted molar refractivity (Wildman–Crippen MR) is 109 cm³/mol. The lowest BCUT2D eigenvalue weighted by molar-refractivity contribution is 0.206. The van der Waals surface area contributed by atoms with Crippen LogP contribution in [-0.2, 0) is 6.42 Å². The Labute approximate surface area is 153 Å². The van der Waals surface area contributed by atoms with Crippen molar-refractivity contribution in [2.24, 2.45) is 4.99 Å². The number of hydrogen-bond acceptors (Lipinski definition) is 3. The summed E-state index contributed by atoms with van der Waals surface area (Å²) in [5, 5.41) is 7.04. The summed E-state index contributed by atoms with van der Waals surface area (Å²) >= 11 is 0. The lowest BCUT2D eigenvalue weighted by atomic mass is 10.1. The fourth-order valence-electron chi connectivity index (χ4n) is 3.29. The largest absolute Gasteiger partial charge is 0.378 e. The molecule has 0 bridgehead atoms. The zero-order valence-corrected chi connectivity index (χ0v) is 16.4. The number of piperidine rings is 1. The zero-order chi connectivity index (χ0) is 18.1. The molecule has 0 aromatic heterocycles. The highest BCUT2D eigenvalue weighted by atomic mass is 15.2. The molecule has 0 saturated carbocycles. The molecule has 0 atom stereocenters. The first-order chi connectivity index (χ1) is 12.1. The van der Waals surface area contributed by atoms with E-state index in [1.165, 1.54) is 50.1 Å². The van der Waals surface area contributed by atoms with Crippen molar-refractivity contribution >= 4 is 11.6 Å². The van der Waals surface area contributed by atoms with Crippen molar-refractivity contribution in [1.29, 1.82) is 0 Å². The van der Waals surface area contributed by atoms with E-state index in [0.717, 1.165) is 18.9 Å². The van der Waals surface area contributed by atoms with Gasteiger partial charge in [0.2, 0.25) is 0 Å². The number of benzene rings is 1. The van der Waals surface area contributed by atoms with Crippen LogP contribution in [0.4, 0.5) is 5.69 Å². The maximum Gasteiger partial charge on any atom is 0.191 e. The van der Waals surface area contributed by atoms with Gasteiger partial charge in [0.25, 0.3) is 0 Å². The number of nitrogens with one attached hydrogen (secondary N) is 2. The number of hydrogen-bond donors (Lipinski definition) is 2. The maximum absolute atomic E-state index is 4.38. The van der Waals surface area contributed by atoms with E-state index in [1.807, 2.05) is 7.05 Å². The van der Waals surface area contributed by atoms with Gasteiger partial charge in [-0.15, -0.1) is 0 Å². The highest BCUT2D eigenvalue weighted by Crippen LogP contribution is 2.12. The van der Waals surface area contributed by atoms with Gasteiger partial charge in [-0.1, -0.05) is 19.1 Å². The SMILES string of the molecule is CCCN1CCC(NC(=NC)NCCc2ccc(N(C)C)cc2)CC1. The number of aliphatic imine (C=N–C) groups is 1. The second-order valence-electron chi connectivity index (χ2n) is 7.07. The Bertz CT molecular complexity index is 515. The van der Waals surface area contributed by atoms with Gasteiger partial charge >= 0.3 is 0 Å². The fraction of sp³-hybridized carbons (Fsp3) is 0.650. The Morgan fingerprint density at radius 1 is 1.20 bits per heavy atom. The van der Waals surface area contributed by atoms with Gasteiger partial charge in [0.1, 0.15) is 0 Å². The normalized spacial score (nSPS) is 16.7. The van der Waals surface area contributed by atoms with Crippen LogP contribution in [0, 0.1) is 0 Å². The second kappa shape index (κ2) is 10.3. The third kappa shape index (κ3) is 6.58. The average molecular weight is 346 g/mol. The van der Waals surface area contributed by atoms with Gasteiger partial charge in [0, 0.05) is 52.5 Å². The second-order valence-corrected chi connectivity index (χ2v) is 7.07. The van der Waals surface area contributed by atoms with Gasteiger partial charge < -0.3 is 20.4 Å². The van der Waals surface area contributed by atoms with Gasteiger partial charge in [-0.3, -0.25) is 4.99 Å². The van der Waals surface area contributed by atoms with E-state index in [4.69, 9.17) is 0 Å². The fourth-order valence-corrected chi connectivity index (χ4v) is 3.29. The summed E-state index contributed by atoms with van der Waals surface area (Å²) in [5.41, 5.74) is 2.59. The Morgan fingerprint density at radius 2 is 1.88 bits per heavy atom. The van der Waals surface area contributed by atoms with Crippen molar-refractivity contribution in [1.82, 2.24) is 15.5 Å². The third-order valence-electron chi connectivity index (χ3n) is 4.85. The van der Waals surface area contributed by atoms with Crippen LogP contribution >= 0.6 is 0 Å². The maximum atomic E-state index is 4.38. The minimum atomic E-state index is 0.540. The summed E-state index contributed by atoms with van der Waals surface area (Å²) in [6, 6.07) is 9.30. The van der Waals surface area contributed by atoms with Crippen LogP contribution in [0.5, 0.6) is 0 Å². The van der Waals surface area contributed by atoms with Crippen molar-refractivity contribution in [3.05, 3.63) is 29.8 Å². The van der Waals surface area contributed by atoms with Crippen molar-refractivity contribution < 1.29 is 0 Å². The molecule has 0 unspecified atom stereocenters. The summed E-state index contributed by atoms with van der Waals surface area (Å²) < 4.78 is 0. The molecule has 2 N–H and O–H groups in total. The highest BCUT2D eigenvalue weighted by Gasteiger charge is 2.19. The first-order valence-electron chi connectivity index (χ1n) is 9.58. The van der Waals surface area contributed by atoms with Gasteiger partial charge in [-0.05, 0) is 49.9 Å². The molecule has 1 fully saturated rings. The predicted octanol–water partition coefficient (Wildman–Crippen LogP) is 2.33. The van der Waals surface area contributed by atoms with Crippen LogP contribution in [0.2, 0.25) is 0 Å². The molecule has 140 valence electrons. The molecule has 5 heteroatoms. The number of anilines is 1. The van der Waals surface area contributed by atoms with Crippen LogP contribution < -0.4 is 15.5 Å². The lowest BCUT2D eigenvalue weighted by Crippen LogP contribution is -2.49. The van der Waals surface area contributed by atoms with Crippen LogP contribution in [-0.4, -0.2) is 64.2 Å². The monoisotopic (exact) mass is 345 g/mol. The number of likely N-dealkylation sites (tertiary alicyclic amines) is 1. The Morgan fingerprint density at radius 3 is 2.44 bits per heavy atom. The average Bonchev–Trinajstić information content (AvgIpc) is 2.63. The molecular weight excluding hydrogens is 310 g/mol. The summed E-state index contributed by atoms with van der Waals surface area (Å²) in [6.45, 7) is 6.77. The van der Waals surface area contributed by atoms with E-state index in [1.54, 1.807) is 0 Å². The number of nitrogens with zero attached hydrogens (tertiary/aromatic N) is 3. The van der Waals surface area contributed by atoms with Gasteiger partial charge in [-0.25, -0.2) is 0 Å². The van der Waals surface area contributed by atoms with E-state index < -0.39 is 0 Å². The summed E-state index contributed by atoms with van der Waals surface area (Å²) in [5.74, 6) is 0.929. The van der Waals surface area contributed by atoms with Gasteiger partial charge in [-0.2, -0.15) is 0 Å². The molecule has 1 aromatic carbocycles. The Balaban J connectivity index is 1.70. The zero-order valence-electron chi connectivity index (χ0n) is 16.4. The Hall–Kier alpha value is -1.75. The molecule has 0 amide bonds. The summed E-state index contributed by atoms with van der Waals surface area (Å²) in [6.07, 6.45) is 4.65. The molecule has 1 saturated heterocycles. The molecule has 2 rings (SSSR count). The molecule has 1 aliphatic heterocycles. The quantitative estimate of drug-likeness (QED) is 0.588. The minimum absolute atomic E-state index is 0.540. The first-order valence-corrected chi connectivity index (χ1v) is 9.58. The molecule has 5 nitrogen and oxygen atoms in total. The third-order valence-corrected chi connectivity index (χ3v) is 4.85. The summed E-state index contributed by atoms with van der Waals surface area (Å²) in [4.78, 5) is 9.07. The number of rotatable bonds is 7. The smallest absolute Gasteiger partial charge is 0.191 e. The Kier molecular flexibility index (Phi) is 8.06. The van der Waals surface area contributed by atoms with E-state index in [9.17, 15) is 0 Å². The standard InChI is InChI=1S/C20H35N5/c1-5-14-25-15-11-18(12-16-25)23-20(21-2)22-13-10-17-6-8-19(9-7-17)24(3)4/h6-9,18H,5,10-16H2,1-4H3,(H2,21,22,23). The van der Waals surface area contributed by atoms with E-state index in [-0.39, 0.29) is 0 Å². The molecule has 0 radical (unpaired) electrons. The van der Waals surface area contributed by atoms with Crippen molar-refractivity contribution in [3.8, 4) is 0 Å². The number of guanidine groups is 1. The molecule has 0 spiro atoms. The van der Waals surface area contributed by atoms with Crippen LogP contribution in [0.15, 0.2) is 29.3 Å². The van der Waals surface area contributed by atoms with Gasteiger partial charge in [0.05, 0.1) is 0 Å². The molecule has 0 aliphatic carbocycles. The van der Waals surface area contributed by atoms with E-state index in [2.05, 4.69) is 70.7 Å². The minimum Gasteiger partial charge on any atom is -0.378 e. The van der Waals surface area contributed by atoms with E-state index in [0.29, 0.717) is 6.04 Å². The topological polar surface area (TPSA) is 42.9 Å². The highest BCUT2D eigenvalue weighted by molar-refractivity contribution is 5.79. The van der Waals surface area contributed by atoms with Crippen LogP contribution in [0.1, 0.15) is 31.7 Å². The van der Waals surface area contributed by atoms with Crippen molar-refractivity contribution in [3.63, 3.8) is 0 Å².